The molecule has 0 heterocycles. The molecule has 5 nitrogen and oxygen atoms in total. The molecule has 0 bridgehead atoms. The summed E-state index contributed by atoms with van der Waals surface area (Å²) in [5.74, 6) is 1.31. The van der Waals surface area contributed by atoms with Crippen molar-refractivity contribution in [2.75, 3.05) is 33.5 Å². The molecule has 0 amide bonds. The van der Waals surface area contributed by atoms with Crippen LogP contribution in [0.2, 0.25) is 0 Å². The van der Waals surface area contributed by atoms with Gasteiger partial charge in [0.15, 0.2) is 0 Å². The summed E-state index contributed by atoms with van der Waals surface area (Å²) in [4.78, 5) is 0. The maximum Gasteiger partial charge on any atom is 0.128 e. The van der Waals surface area contributed by atoms with Gasteiger partial charge in [-0.3, -0.25) is 0 Å². The molecule has 1 aromatic rings. The smallest absolute Gasteiger partial charge is 0.128 e. The van der Waals surface area contributed by atoms with Gasteiger partial charge >= 0.3 is 0 Å². The number of aliphatic hydroxyl groups is 1. The van der Waals surface area contributed by atoms with E-state index in [2.05, 4.69) is 0 Å². The molecule has 0 unspecified atom stereocenters. The van der Waals surface area contributed by atoms with Crippen molar-refractivity contribution in [2.24, 2.45) is 5.73 Å². The number of hydrogen-bond acceptors (Lipinski definition) is 5. The Labute approximate surface area is 101 Å². The zero-order valence-electron chi connectivity index (χ0n) is 10.0. The van der Waals surface area contributed by atoms with Gasteiger partial charge in [-0.25, -0.2) is 0 Å². The minimum absolute atomic E-state index is 0.0665. The Kier molecular flexibility index (Phi) is 6.39. The second-order valence-corrected chi connectivity index (χ2v) is 3.38. The molecule has 0 fully saturated rings. The van der Waals surface area contributed by atoms with E-state index in [0.717, 1.165) is 5.56 Å². The third-order valence-corrected chi connectivity index (χ3v) is 2.19. The van der Waals surface area contributed by atoms with Gasteiger partial charge in [-0.1, -0.05) is 0 Å². The topological polar surface area (TPSA) is 73.9 Å². The average Bonchev–Trinajstić information content (AvgIpc) is 2.38. The number of ether oxygens (including phenoxy) is 3. The van der Waals surface area contributed by atoms with Crippen molar-refractivity contribution in [1.29, 1.82) is 0 Å². The SMILES string of the molecule is COc1ccc(CO)c(OCCOCCN)c1. The molecule has 0 radical (unpaired) electrons. The molecule has 0 atom stereocenters. The highest BCUT2D eigenvalue weighted by atomic mass is 16.5. The molecule has 3 N–H and O–H groups in total. The lowest BCUT2D eigenvalue weighted by Crippen LogP contribution is -2.13. The molecule has 1 aromatic carbocycles. The Morgan fingerprint density at radius 3 is 2.71 bits per heavy atom. The first-order valence-corrected chi connectivity index (χ1v) is 5.50. The summed E-state index contributed by atoms with van der Waals surface area (Å²) < 4.78 is 15.8. The first-order valence-electron chi connectivity index (χ1n) is 5.50. The second-order valence-electron chi connectivity index (χ2n) is 3.38. The quantitative estimate of drug-likeness (QED) is 0.650. The largest absolute Gasteiger partial charge is 0.497 e. The van der Waals surface area contributed by atoms with E-state index in [0.29, 0.717) is 37.9 Å². The van der Waals surface area contributed by atoms with Gasteiger partial charge in [0.05, 0.1) is 26.9 Å². The van der Waals surface area contributed by atoms with E-state index in [1.54, 1.807) is 25.3 Å². The van der Waals surface area contributed by atoms with Gasteiger partial charge in [-0.05, 0) is 12.1 Å². The Hall–Kier alpha value is -1.30. The summed E-state index contributed by atoms with van der Waals surface area (Å²) in [5, 5.41) is 9.15. The molecular weight excluding hydrogens is 222 g/mol. The molecule has 5 heteroatoms. The minimum atomic E-state index is -0.0665. The molecule has 0 aliphatic rings. The Morgan fingerprint density at radius 1 is 1.24 bits per heavy atom. The highest BCUT2D eigenvalue weighted by Gasteiger charge is 2.04. The Bertz CT molecular complexity index is 330. The lowest BCUT2D eigenvalue weighted by Gasteiger charge is -2.11. The van der Waals surface area contributed by atoms with Crippen LogP contribution in [0.5, 0.6) is 11.5 Å². The van der Waals surface area contributed by atoms with Crippen LogP contribution < -0.4 is 15.2 Å². The van der Waals surface area contributed by atoms with Crippen molar-refractivity contribution in [3.05, 3.63) is 23.8 Å². The molecule has 0 saturated carbocycles. The summed E-state index contributed by atoms with van der Waals surface area (Å²) >= 11 is 0. The Balaban J connectivity index is 2.49. The van der Waals surface area contributed by atoms with E-state index in [1.165, 1.54) is 0 Å². The number of rotatable bonds is 8. The van der Waals surface area contributed by atoms with Crippen LogP contribution in [0.15, 0.2) is 18.2 Å². The third kappa shape index (κ3) is 4.60. The highest BCUT2D eigenvalue weighted by Crippen LogP contribution is 2.24. The van der Waals surface area contributed by atoms with Crippen LogP contribution in [0.1, 0.15) is 5.56 Å². The Morgan fingerprint density at radius 2 is 2.06 bits per heavy atom. The van der Waals surface area contributed by atoms with Gasteiger partial charge in [0, 0.05) is 18.2 Å². The van der Waals surface area contributed by atoms with Gasteiger partial charge in [0.1, 0.15) is 18.1 Å². The van der Waals surface area contributed by atoms with Gasteiger partial charge in [0.2, 0.25) is 0 Å². The van der Waals surface area contributed by atoms with Crippen molar-refractivity contribution < 1.29 is 19.3 Å². The van der Waals surface area contributed by atoms with Crippen LogP contribution in [-0.2, 0) is 11.3 Å². The normalized spacial score (nSPS) is 10.3. The summed E-state index contributed by atoms with van der Waals surface area (Å²) in [6.45, 7) is 1.85. The second kappa shape index (κ2) is 7.89. The highest BCUT2D eigenvalue weighted by molar-refractivity contribution is 5.40. The molecule has 0 aliphatic heterocycles. The monoisotopic (exact) mass is 241 g/mol. The molecule has 0 saturated heterocycles. The number of benzene rings is 1. The molecule has 17 heavy (non-hydrogen) atoms. The standard InChI is InChI=1S/C12H19NO4/c1-15-11-3-2-10(9-14)12(8-11)17-7-6-16-5-4-13/h2-3,8,14H,4-7,9,13H2,1H3. The maximum atomic E-state index is 9.15. The van der Waals surface area contributed by atoms with Gasteiger partial charge < -0.3 is 25.1 Å². The molecule has 0 aliphatic carbocycles. The van der Waals surface area contributed by atoms with Crippen LogP contribution in [-0.4, -0.2) is 38.6 Å². The average molecular weight is 241 g/mol. The number of aliphatic hydroxyl groups excluding tert-OH is 1. The zero-order chi connectivity index (χ0) is 12.5. The van der Waals surface area contributed by atoms with Gasteiger partial charge in [-0.2, -0.15) is 0 Å². The molecule has 1 rings (SSSR count). The first-order chi connectivity index (χ1) is 8.31. The van der Waals surface area contributed by atoms with E-state index in [-0.39, 0.29) is 6.61 Å². The van der Waals surface area contributed by atoms with Gasteiger partial charge in [0.25, 0.3) is 0 Å². The maximum absolute atomic E-state index is 9.15. The van der Waals surface area contributed by atoms with Crippen LogP contribution >= 0.6 is 0 Å². The van der Waals surface area contributed by atoms with Crippen molar-refractivity contribution in [2.45, 2.75) is 6.61 Å². The van der Waals surface area contributed by atoms with Crippen molar-refractivity contribution in [3.8, 4) is 11.5 Å². The fraction of sp³-hybridized carbons (Fsp3) is 0.500. The summed E-state index contributed by atoms with van der Waals surface area (Å²) in [5.41, 5.74) is 6.02. The molecule has 0 spiro atoms. The van der Waals surface area contributed by atoms with Crippen molar-refractivity contribution >= 4 is 0 Å². The zero-order valence-corrected chi connectivity index (χ0v) is 10.0. The molecular formula is C12H19NO4. The predicted molar refractivity (Wildman–Crippen MR) is 64.3 cm³/mol. The van der Waals surface area contributed by atoms with E-state index in [9.17, 15) is 0 Å². The number of hydrogen-bond donors (Lipinski definition) is 2. The lowest BCUT2D eigenvalue weighted by atomic mass is 10.2. The van der Waals surface area contributed by atoms with E-state index in [4.69, 9.17) is 25.1 Å². The van der Waals surface area contributed by atoms with E-state index < -0.39 is 0 Å². The van der Waals surface area contributed by atoms with E-state index >= 15 is 0 Å². The predicted octanol–water partition coefficient (Wildman–Crippen LogP) is 0.542. The van der Waals surface area contributed by atoms with Crippen molar-refractivity contribution in [1.82, 2.24) is 0 Å². The summed E-state index contributed by atoms with van der Waals surface area (Å²) in [7, 11) is 1.59. The first kappa shape index (κ1) is 13.8. The van der Waals surface area contributed by atoms with E-state index in [1.807, 2.05) is 0 Å². The number of nitrogens with two attached hydrogens (primary N) is 1. The fourth-order valence-corrected chi connectivity index (χ4v) is 1.32. The summed E-state index contributed by atoms with van der Waals surface area (Å²) in [6.07, 6.45) is 0. The van der Waals surface area contributed by atoms with Gasteiger partial charge in [-0.15, -0.1) is 0 Å². The van der Waals surface area contributed by atoms with Crippen LogP contribution in [0.25, 0.3) is 0 Å². The minimum Gasteiger partial charge on any atom is -0.497 e. The van der Waals surface area contributed by atoms with Crippen LogP contribution in [0, 0.1) is 0 Å². The lowest BCUT2D eigenvalue weighted by molar-refractivity contribution is 0.105. The van der Waals surface area contributed by atoms with Crippen molar-refractivity contribution in [3.63, 3.8) is 0 Å². The van der Waals surface area contributed by atoms with Crippen LogP contribution in [0.4, 0.5) is 0 Å². The molecule has 96 valence electrons. The summed E-state index contributed by atoms with van der Waals surface area (Å²) in [6, 6.07) is 5.30. The third-order valence-electron chi connectivity index (χ3n) is 2.19. The fourth-order valence-electron chi connectivity index (χ4n) is 1.32. The number of methoxy groups -OCH3 is 1. The molecule has 0 aromatic heterocycles. The van der Waals surface area contributed by atoms with Crippen LogP contribution in [0.3, 0.4) is 0 Å².